The molecular formula is C8H10N4OS. The molecule has 5 nitrogen and oxygen atoms in total. The highest BCUT2D eigenvalue weighted by Crippen LogP contribution is 2.03. The molecule has 0 fully saturated rings. The minimum atomic E-state index is -0.156. The second-order valence-corrected chi connectivity index (χ2v) is 3.19. The van der Waals surface area contributed by atoms with Crippen molar-refractivity contribution in [2.45, 2.75) is 13.3 Å². The molecule has 0 saturated heterocycles. The summed E-state index contributed by atoms with van der Waals surface area (Å²) in [6.07, 6.45) is 0.344. The molecule has 0 atom stereocenters. The molecule has 0 aliphatic rings. The zero-order valence-electron chi connectivity index (χ0n) is 7.80. The summed E-state index contributed by atoms with van der Waals surface area (Å²) in [5.41, 5.74) is 0.356. The number of carbonyl (C=O) groups excluding carboxylic acids is 1. The fourth-order valence-corrected chi connectivity index (χ4v) is 1.44. The Labute approximate surface area is 86.1 Å². The first-order chi connectivity index (χ1) is 6.79. The number of amides is 1. The van der Waals surface area contributed by atoms with E-state index in [-0.39, 0.29) is 5.91 Å². The molecule has 1 aromatic heterocycles. The van der Waals surface area contributed by atoms with Gasteiger partial charge in [0.05, 0.1) is 12.5 Å². The molecule has 1 rings (SSSR count). The molecule has 6 heteroatoms. The molecule has 14 heavy (non-hydrogen) atoms. The lowest BCUT2D eigenvalue weighted by molar-refractivity contribution is 0.0762. The van der Waals surface area contributed by atoms with Crippen molar-refractivity contribution in [3.05, 3.63) is 11.1 Å². The molecule has 0 radical (unpaired) electrons. The predicted octanol–water partition coefficient (Wildman–Crippen LogP) is 0.914. The van der Waals surface area contributed by atoms with Gasteiger partial charge in [0.2, 0.25) is 0 Å². The third kappa shape index (κ3) is 2.50. The van der Waals surface area contributed by atoms with E-state index in [4.69, 9.17) is 5.26 Å². The first-order valence-electron chi connectivity index (χ1n) is 4.23. The average Bonchev–Trinajstić information content (AvgIpc) is 2.71. The van der Waals surface area contributed by atoms with Crippen LogP contribution >= 0.6 is 11.5 Å². The van der Waals surface area contributed by atoms with Gasteiger partial charge in [0.25, 0.3) is 5.91 Å². The van der Waals surface area contributed by atoms with Crippen LogP contribution in [0.25, 0.3) is 0 Å². The van der Waals surface area contributed by atoms with E-state index in [1.807, 2.05) is 13.0 Å². The van der Waals surface area contributed by atoms with E-state index in [9.17, 15) is 4.79 Å². The zero-order chi connectivity index (χ0) is 10.4. The van der Waals surface area contributed by atoms with E-state index in [0.717, 1.165) is 11.5 Å². The van der Waals surface area contributed by atoms with Crippen LogP contribution in [0.2, 0.25) is 0 Å². The first-order valence-corrected chi connectivity index (χ1v) is 5.06. The molecule has 0 unspecified atom stereocenters. The number of nitriles is 1. The lowest BCUT2D eigenvalue weighted by Gasteiger charge is -2.17. The molecule has 1 amide bonds. The Hall–Kier alpha value is -1.48. The number of hydrogen-bond acceptors (Lipinski definition) is 5. The van der Waals surface area contributed by atoms with Gasteiger partial charge in [0, 0.05) is 18.5 Å². The van der Waals surface area contributed by atoms with Crippen LogP contribution in [-0.4, -0.2) is 33.5 Å². The molecule has 1 aromatic rings. The van der Waals surface area contributed by atoms with Gasteiger partial charge >= 0.3 is 0 Å². The summed E-state index contributed by atoms with van der Waals surface area (Å²) in [6, 6.07) is 2.01. The molecule has 0 spiro atoms. The zero-order valence-corrected chi connectivity index (χ0v) is 8.62. The summed E-state index contributed by atoms with van der Waals surface area (Å²) in [5, 5.41) is 13.7. The van der Waals surface area contributed by atoms with Crippen molar-refractivity contribution < 1.29 is 4.79 Å². The first kappa shape index (κ1) is 10.6. The van der Waals surface area contributed by atoms with Gasteiger partial charge in [-0.25, -0.2) is 0 Å². The van der Waals surface area contributed by atoms with Gasteiger partial charge in [-0.2, -0.15) is 5.26 Å². The SMILES string of the molecule is CCN(CCC#N)C(=O)c1csnn1. The molecule has 0 saturated carbocycles. The summed E-state index contributed by atoms with van der Waals surface area (Å²) in [7, 11) is 0. The minimum absolute atomic E-state index is 0.156. The number of aromatic nitrogens is 2. The van der Waals surface area contributed by atoms with Crippen LogP contribution in [0.5, 0.6) is 0 Å². The fourth-order valence-electron chi connectivity index (χ4n) is 1.01. The van der Waals surface area contributed by atoms with Gasteiger partial charge in [-0.3, -0.25) is 4.79 Å². The summed E-state index contributed by atoms with van der Waals surface area (Å²) >= 11 is 1.15. The van der Waals surface area contributed by atoms with E-state index in [0.29, 0.717) is 25.2 Å². The van der Waals surface area contributed by atoms with Crippen LogP contribution in [-0.2, 0) is 0 Å². The smallest absolute Gasteiger partial charge is 0.275 e. The third-order valence-corrected chi connectivity index (χ3v) is 2.25. The van der Waals surface area contributed by atoms with Crippen molar-refractivity contribution in [1.29, 1.82) is 5.26 Å². The molecule has 74 valence electrons. The van der Waals surface area contributed by atoms with Crippen molar-refractivity contribution in [3.63, 3.8) is 0 Å². The van der Waals surface area contributed by atoms with Crippen molar-refractivity contribution in [2.75, 3.05) is 13.1 Å². The second kappa shape index (κ2) is 5.29. The lowest BCUT2D eigenvalue weighted by Crippen LogP contribution is -2.31. The van der Waals surface area contributed by atoms with Gasteiger partial charge in [-0.1, -0.05) is 4.49 Å². The average molecular weight is 210 g/mol. The Kier molecular flexibility index (Phi) is 4.01. The van der Waals surface area contributed by atoms with Crippen molar-refractivity contribution >= 4 is 17.4 Å². The maximum atomic E-state index is 11.7. The highest BCUT2D eigenvalue weighted by atomic mass is 32.1. The highest BCUT2D eigenvalue weighted by molar-refractivity contribution is 7.03. The fraction of sp³-hybridized carbons (Fsp3) is 0.500. The monoisotopic (exact) mass is 210 g/mol. The second-order valence-electron chi connectivity index (χ2n) is 2.58. The topological polar surface area (TPSA) is 69.9 Å². The predicted molar refractivity (Wildman–Crippen MR) is 51.7 cm³/mol. The van der Waals surface area contributed by atoms with Crippen molar-refractivity contribution in [3.8, 4) is 6.07 Å². The van der Waals surface area contributed by atoms with Gasteiger partial charge in [-0.05, 0) is 18.5 Å². The van der Waals surface area contributed by atoms with Gasteiger partial charge < -0.3 is 4.90 Å². The minimum Gasteiger partial charge on any atom is -0.336 e. The maximum absolute atomic E-state index is 11.7. The number of carbonyl (C=O) groups is 1. The van der Waals surface area contributed by atoms with Crippen LogP contribution in [0, 0.1) is 11.3 Å². The van der Waals surface area contributed by atoms with E-state index < -0.39 is 0 Å². The number of hydrogen-bond donors (Lipinski definition) is 0. The Morgan fingerprint density at radius 2 is 2.57 bits per heavy atom. The van der Waals surface area contributed by atoms with E-state index in [1.54, 1.807) is 10.3 Å². The summed E-state index contributed by atoms with van der Waals surface area (Å²) in [6.45, 7) is 2.90. The van der Waals surface area contributed by atoms with Gasteiger partial charge in [0.1, 0.15) is 0 Å². The number of nitrogens with zero attached hydrogens (tertiary/aromatic N) is 4. The van der Waals surface area contributed by atoms with E-state index in [2.05, 4.69) is 9.59 Å². The van der Waals surface area contributed by atoms with Crippen molar-refractivity contribution in [1.82, 2.24) is 14.5 Å². The molecule has 0 aromatic carbocycles. The molecule has 0 aliphatic heterocycles. The molecule has 0 bridgehead atoms. The van der Waals surface area contributed by atoms with Gasteiger partial charge in [0.15, 0.2) is 5.69 Å². The Bertz CT molecular complexity index is 330. The number of rotatable bonds is 4. The third-order valence-electron chi connectivity index (χ3n) is 1.74. The lowest BCUT2D eigenvalue weighted by atomic mass is 10.3. The normalized spacial score (nSPS) is 9.43. The van der Waals surface area contributed by atoms with Crippen LogP contribution in [0.3, 0.4) is 0 Å². The van der Waals surface area contributed by atoms with Crippen LogP contribution in [0.4, 0.5) is 0 Å². The van der Waals surface area contributed by atoms with Crippen LogP contribution in [0.1, 0.15) is 23.8 Å². The highest BCUT2D eigenvalue weighted by Gasteiger charge is 2.15. The van der Waals surface area contributed by atoms with Crippen LogP contribution in [0.15, 0.2) is 5.38 Å². The van der Waals surface area contributed by atoms with E-state index >= 15 is 0 Å². The maximum Gasteiger partial charge on any atom is 0.275 e. The Morgan fingerprint density at radius 1 is 1.79 bits per heavy atom. The van der Waals surface area contributed by atoms with Gasteiger partial charge in [-0.15, -0.1) is 5.10 Å². The quantitative estimate of drug-likeness (QED) is 0.740. The summed E-state index contributed by atoms with van der Waals surface area (Å²) in [4.78, 5) is 13.2. The summed E-state index contributed by atoms with van der Waals surface area (Å²) < 4.78 is 3.62. The van der Waals surface area contributed by atoms with Crippen LogP contribution < -0.4 is 0 Å². The molecule has 1 heterocycles. The Morgan fingerprint density at radius 3 is 3.07 bits per heavy atom. The standard InChI is InChI=1S/C8H10N4OS/c1-2-12(5-3-4-9)8(13)7-6-14-11-10-7/h6H,2-3,5H2,1H3. The largest absolute Gasteiger partial charge is 0.336 e. The molecule has 0 N–H and O–H groups in total. The van der Waals surface area contributed by atoms with E-state index in [1.165, 1.54) is 0 Å². The molecule has 0 aliphatic carbocycles. The van der Waals surface area contributed by atoms with Crippen molar-refractivity contribution in [2.24, 2.45) is 0 Å². The summed E-state index contributed by atoms with van der Waals surface area (Å²) in [5.74, 6) is -0.156. The molecular weight excluding hydrogens is 200 g/mol. The Balaban J connectivity index is 2.62.